The summed E-state index contributed by atoms with van der Waals surface area (Å²) in [5.41, 5.74) is 0.923. The van der Waals surface area contributed by atoms with Crippen molar-refractivity contribution >= 4 is 16.9 Å². The lowest BCUT2D eigenvalue weighted by molar-refractivity contribution is 0.0602. The molecule has 3 rings (SSSR count). The highest BCUT2D eigenvalue weighted by Gasteiger charge is 2.14. The Balaban J connectivity index is 1.82. The fourth-order valence-electron chi connectivity index (χ4n) is 1.76. The number of hydrogen-bond donors (Lipinski definition) is 1. The molecule has 0 atom stereocenters. The first kappa shape index (κ1) is 12.2. The van der Waals surface area contributed by atoms with E-state index < -0.39 is 5.97 Å². The molecule has 0 radical (unpaired) electrons. The van der Waals surface area contributed by atoms with Crippen LogP contribution in [0.3, 0.4) is 0 Å². The molecule has 102 valence electrons. The molecule has 0 aliphatic heterocycles. The summed E-state index contributed by atoms with van der Waals surface area (Å²) >= 11 is 0. The quantitative estimate of drug-likeness (QED) is 0.715. The third kappa shape index (κ3) is 2.18. The molecule has 3 aromatic rings. The number of H-pyrrole nitrogens is 1. The second-order valence-electron chi connectivity index (χ2n) is 3.94. The molecule has 0 bridgehead atoms. The highest BCUT2D eigenvalue weighted by Crippen LogP contribution is 2.26. The number of carbonyl (C=O) groups is 1. The van der Waals surface area contributed by atoms with E-state index in [0.717, 1.165) is 0 Å². The Labute approximate surface area is 112 Å². The van der Waals surface area contributed by atoms with E-state index in [-0.39, 0.29) is 6.61 Å². The van der Waals surface area contributed by atoms with E-state index in [1.165, 1.54) is 13.4 Å². The molecule has 0 aliphatic rings. The highest BCUT2D eigenvalue weighted by atomic mass is 16.5. The number of aromatic nitrogens is 4. The number of carbonyl (C=O) groups excluding carboxylic acids is 1. The summed E-state index contributed by atoms with van der Waals surface area (Å²) in [5, 5.41) is 13.9. The van der Waals surface area contributed by atoms with Gasteiger partial charge in [0.2, 0.25) is 0 Å². The zero-order valence-electron chi connectivity index (χ0n) is 10.5. The molecule has 2 aromatic heterocycles. The standard InChI is InChI=1S/C12H10N4O4/c1-18-12(17)9-5-20-10-4-7(2-3-8(9)10)19-6-11-13-15-16-14-11/h2-5H,6H2,1H3,(H,13,14,15,16). The summed E-state index contributed by atoms with van der Waals surface area (Å²) in [4.78, 5) is 11.5. The lowest BCUT2D eigenvalue weighted by atomic mass is 10.2. The minimum absolute atomic E-state index is 0.211. The van der Waals surface area contributed by atoms with Gasteiger partial charge in [0, 0.05) is 11.5 Å². The fraction of sp³-hybridized carbons (Fsp3) is 0.167. The number of benzene rings is 1. The monoisotopic (exact) mass is 274 g/mol. The SMILES string of the molecule is COC(=O)c1coc2cc(OCc3nnn[nH]3)ccc12. The maximum atomic E-state index is 11.5. The third-order valence-electron chi connectivity index (χ3n) is 2.72. The second kappa shape index (κ2) is 5.00. The predicted octanol–water partition coefficient (Wildman–Crippen LogP) is 1.31. The first-order valence-electron chi connectivity index (χ1n) is 5.73. The molecule has 0 aliphatic carbocycles. The van der Waals surface area contributed by atoms with Crippen molar-refractivity contribution in [1.82, 2.24) is 20.6 Å². The number of nitrogens with one attached hydrogen (secondary N) is 1. The van der Waals surface area contributed by atoms with Gasteiger partial charge in [0.1, 0.15) is 29.8 Å². The maximum absolute atomic E-state index is 11.5. The molecule has 1 N–H and O–H groups in total. The Hall–Kier alpha value is -2.90. The molecule has 0 spiro atoms. The molecule has 0 saturated carbocycles. The molecule has 0 fully saturated rings. The van der Waals surface area contributed by atoms with E-state index in [4.69, 9.17) is 9.15 Å². The van der Waals surface area contributed by atoms with Gasteiger partial charge in [0.15, 0.2) is 5.82 Å². The summed E-state index contributed by atoms with van der Waals surface area (Å²) < 4.78 is 15.5. The molecule has 2 heterocycles. The van der Waals surface area contributed by atoms with Gasteiger partial charge in [-0.25, -0.2) is 9.89 Å². The minimum Gasteiger partial charge on any atom is -0.485 e. The van der Waals surface area contributed by atoms with Crippen LogP contribution in [0.25, 0.3) is 11.0 Å². The van der Waals surface area contributed by atoms with Crippen LogP contribution in [0.5, 0.6) is 5.75 Å². The molecule has 0 saturated heterocycles. The van der Waals surface area contributed by atoms with Gasteiger partial charge in [-0.15, -0.1) is 5.10 Å². The van der Waals surface area contributed by atoms with Crippen molar-refractivity contribution in [2.45, 2.75) is 6.61 Å². The Bertz CT molecular complexity index is 735. The van der Waals surface area contributed by atoms with E-state index >= 15 is 0 Å². The topological polar surface area (TPSA) is 103 Å². The van der Waals surface area contributed by atoms with E-state index in [1.54, 1.807) is 18.2 Å². The largest absolute Gasteiger partial charge is 0.485 e. The maximum Gasteiger partial charge on any atom is 0.341 e. The molecule has 0 amide bonds. The van der Waals surface area contributed by atoms with Crippen LogP contribution in [0, 0.1) is 0 Å². The molecular formula is C12H10N4O4. The lowest BCUT2D eigenvalue weighted by Gasteiger charge is -2.03. The predicted molar refractivity (Wildman–Crippen MR) is 66.1 cm³/mol. The summed E-state index contributed by atoms with van der Waals surface area (Å²) in [7, 11) is 1.32. The van der Waals surface area contributed by atoms with E-state index in [0.29, 0.717) is 28.1 Å². The van der Waals surface area contributed by atoms with Crippen molar-refractivity contribution in [1.29, 1.82) is 0 Å². The van der Waals surface area contributed by atoms with E-state index in [9.17, 15) is 4.79 Å². The number of nitrogens with zero attached hydrogens (tertiary/aromatic N) is 3. The van der Waals surface area contributed by atoms with Gasteiger partial charge in [-0.05, 0) is 22.6 Å². The van der Waals surface area contributed by atoms with Crippen molar-refractivity contribution < 1.29 is 18.7 Å². The Kier molecular flexibility index (Phi) is 3.04. The lowest BCUT2D eigenvalue weighted by Crippen LogP contribution is -1.99. The Morgan fingerprint density at radius 2 is 2.35 bits per heavy atom. The number of hydrogen-bond acceptors (Lipinski definition) is 7. The van der Waals surface area contributed by atoms with E-state index in [1.807, 2.05) is 0 Å². The number of tetrazole rings is 1. The zero-order valence-corrected chi connectivity index (χ0v) is 10.5. The summed E-state index contributed by atoms with van der Waals surface area (Å²) in [6.07, 6.45) is 1.36. The van der Waals surface area contributed by atoms with Crippen LogP contribution in [0.2, 0.25) is 0 Å². The van der Waals surface area contributed by atoms with Crippen LogP contribution < -0.4 is 4.74 Å². The smallest absolute Gasteiger partial charge is 0.341 e. The van der Waals surface area contributed by atoms with Crippen LogP contribution in [-0.2, 0) is 11.3 Å². The highest BCUT2D eigenvalue weighted by molar-refractivity contribution is 6.03. The number of furan rings is 1. The van der Waals surface area contributed by atoms with Crippen molar-refractivity contribution in [2.75, 3.05) is 7.11 Å². The molecule has 1 aromatic carbocycles. The van der Waals surface area contributed by atoms with Gasteiger partial charge in [-0.1, -0.05) is 0 Å². The van der Waals surface area contributed by atoms with Crippen LogP contribution in [-0.4, -0.2) is 33.7 Å². The number of esters is 1. The number of ether oxygens (including phenoxy) is 2. The molecule has 8 nitrogen and oxygen atoms in total. The Morgan fingerprint density at radius 3 is 3.10 bits per heavy atom. The van der Waals surface area contributed by atoms with Gasteiger partial charge >= 0.3 is 5.97 Å². The van der Waals surface area contributed by atoms with Gasteiger partial charge in [0.25, 0.3) is 0 Å². The molecule has 20 heavy (non-hydrogen) atoms. The van der Waals surface area contributed by atoms with Gasteiger partial charge < -0.3 is 13.9 Å². The summed E-state index contributed by atoms with van der Waals surface area (Å²) in [6.45, 7) is 0.211. The summed E-state index contributed by atoms with van der Waals surface area (Å²) in [5.74, 6) is 0.657. The van der Waals surface area contributed by atoms with Crippen LogP contribution in [0.4, 0.5) is 0 Å². The van der Waals surface area contributed by atoms with Crippen molar-refractivity contribution in [2.24, 2.45) is 0 Å². The first-order chi connectivity index (χ1) is 9.78. The first-order valence-corrected chi connectivity index (χ1v) is 5.73. The summed E-state index contributed by atoms with van der Waals surface area (Å²) in [6, 6.07) is 5.15. The number of fused-ring (bicyclic) bond motifs is 1. The van der Waals surface area contributed by atoms with Gasteiger partial charge in [-0.3, -0.25) is 0 Å². The van der Waals surface area contributed by atoms with Gasteiger partial charge in [-0.2, -0.15) is 0 Å². The zero-order chi connectivity index (χ0) is 13.9. The van der Waals surface area contributed by atoms with Crippen molar-refractivity contribution in [3.8, 4) is 5.75 Å². The fourth-order valence-corrected chi connectivity index (χ4v) is 1.76. The van der Waals surface area contributed by atoms with Crippen LogP contribution in [0.15, 0.2) is 28.9 Å². The van der Waals surface area contributed by atoms with Crippen molar-refractivity contribution in [3.05, 3.63) is 35.9 Å². The molecule has 8 heteroatoms. The number of aromatic amines is 1. The Morgan fingerprint density at radius 1 is 1.45 bits per heavy atom. The third-order valence-corrected chi connectivity index (χ3v) is 2.72. The number of methoxy groups -OCH3 is 1. The van der Waals surface area contributed by atoms with Gasteiger partial charge in [0.05, 0.1) is 7.11 Å². The minimum atomic E-state index is -0.440. The van der Waals surface area contributed by atoms with Crippen molar-refractivity contribution in [3.63, 3.8) is 0 Å². The average molecular weight is 274 g/mol. The normalized spacial score (nSPS) is 10.7. The average Bonchev–Trinajstić information content (AvgIpc) is 3.13. The van der Waals surface area contributed by atoms with Crippen LogP contribution in [0.1, 0.15) is 16.2 Å². The van der Waals surface area contributed by atoms with E-state index in [2.05, 4.69) is 25.4 Å². The van der Waals surface area contributed by atoms with Crippen LogP contribution >= 0.6 is 0 Å². The number of rotatable bonds is 4. The second-order valence-corrected chi connectivity index (χ2v) is 3.94. The molecule has 0 unspecified atom stereocenters. The molecular weight excluding hydrogens is 264 g/mol.